The van der Waals surface area contributed by atoms with Crippen LogP contribution >= 0.6 is 11.8 Å². The highest BCUT2D eigenvalue weighted by atomic mass is 32.2. The molecule has 0 aliphatic rings. The van der Waals surface area contributed by atoms with Gasteiger partial charge in [0.2, 0.25) is 0 Å². The van der Waals surface area contributed by atoms with Gasteiger partial charge in [0, 0.05) is 12.6 Å². The zero-order chi connectivity index (χ0) is 13.2. The van der Waals surface area contributed by atoms with Crippen LogP contribution < -0.4 is 10.1 Å². The molecule has 1 unspecified atom stereocenters. The second kappa shape index (κ2) is 9.29. The Morgan fingerprint density at radius 2 is 1.94 bits per heavy atom. The molecule has 1 N–H and O–H groups in total. The van der Waals surface area contributed by atoms with Crippen LogP contribution in [0.15, 0.2) is 24.3 Å². The molecule has 0 saturated carbocycles. The fraction of sp³-hybridized carbons (Fsp3) is 0.600. The average Bonchev–Trinajstić information content (AvgIpc) is 2.39. The molecule has 0 bridgehead atoms. The van der Waals surface area contributed by atoms with Crippen molar-refractivity contribution in [2.45, 2.75) is 39.8 Å². The number of thioether (sulfide) groups is 1. The fourth-order valence-electron chi connectivity index (χ4n) is 1.67. The second-order valence-electron chi connectivity index (χ2n) is 4.34. The number of hydrogen-bond donors (Lipinski definition) is 1. The third-order valence-electron chi connectivity index (χ3n) is 2.79. The monoisotopic (exact) mass is 267 g/mol. The molecule has 0 aliphatic heterocycles. The zero-order valence-corrected chi connectivity index (χ0v) is 12.6. The van der Waals surface area contributed by atoms with Crippen molar-refractivity contribution < 1.29 is 4.74 Å². The third kappa shape index (κ3) is 6.31. The van der Waals surface area contributed by atoms with Crippen LogP contribution in [0.25, 0.3) is 0 Å². The molecule has 2 nitrogen and oxygen atoms in total. The van der Waals surface area contributed by atoms with Crippen LogP contribution in [0.5, 0.6) is 5.75 Å². The number of nitrogens with one attached hydrogen (secondary N) is 1. The van der Waals surface area contributed by atoms with E-state index in [0.717, 1.165) is 18.9 Å². The summed E-state index contributed by atoms with van der Waals surface area (Å²) in [7, 11) is 0. The molecular weight excluding hydrogens is 242 g/mol. The summed E-state index contributed by atoms with van der Waals surface area (Å²) in [6, 6.07) is 8.92. The lowest BCUT2D eigenvalue weighted by Gasteiger charge is -2.13. The van der Waals surface area contributed by atoms with Crippen LogP contribution in [0.1, 0.15) is 32.8 Å². The standard InChI is InChI=1S/C15H25NOS/c1-4-17-15-8-6-14(7-9-15)12-16-13(3)10-11-18-5-2/h6-9,13,16H,4-5,10-12H2,1-3H3. The molecule has 1 atom stereocenters. The van der Waals surface area contributed by atoms with Crippen LogP contribution in [0.4, 0.5) is 0 Å². The smallest absolute Gasteiger partial charge is 0.119 e. The summed E-state index contributed by atoms with van der Waals surface area (Å²) < 4.78 is 5.43. The van der Waals surface area contributed by atoms with Crippen molar-refractivity contribution in [2.75, 3.05) is 18.1 Å². The molecule has 0 radical (unpaired) electrons. The van der Waals surface area contributed by atoms with Crippen LogP contribution in [-0.4, -0.2) is 24.2 Å². The quantitative estimate of drug-likeness (QED) is 0.689. The van der Waals surface area contributed by atoms with Crippen molar-refractivity contribution in [3.8, 4) is 5.75 Å². The van der Waals surface area contributed by atoms with Gasteiger partial charge in [0.25, 0.3) is 0 Å². The molecular formula is C15H25NOS. The molecule has 0 amide bonds. The topological polar surface area (TPSA) is 21.3 Å². The van der Waals surface area contributed by atoms with Crippen molar-refractivity contribution in [1.82, 2.24) is 5.32 Å². The third-order valence-corrected chi connectivity index (χ3v) is 3.72. The Bertz CT molecular complexity index is 313. The first-order chi connectivity index (χ1) is 8.76. The van der Waals surface area contributed by atoms with Gasteiger partial charge in [-0.3, -0.25) is 0 Å². The Morgan fingerprint density at radius 1 is 1.22 bits per heavy atom. The SMILES string of the molecule is CCOc1ccc(CNC(C)CCSCC)cc1. The van der Waals surface area contributed by atoms with Crippen molar-refractivity contribution in [1.29, 1.82) is 0 Å². The first-order valence-corrected chi connectivity index (χ1v) is 7.94. The maximum absolute atomic E-state index is 5.43. The Morgan fingerprint density at radius 3 is 2.56 bits per heavy atom. The van der Waals surface area contributed by atoms with Gasteiger partial charge in [0.1, 0.15) is 5.75 Å². The van der Waals surface area contributed by atoms with Crippen molar-refractivity contribution in [2.24, 2.45) is 0 Å². The number of rotatable bonds is 9. The van der Waals surface area contributed by atoms with Gasteiger partial charge in [-0.25, -0.2) is 0 Å². The molecule has 1 aromatic rings. The average molecular weight is 267 g/mol. The maximum atomic E-state index is 5.43. The molecule has 1 aromatic carbocycles. The lowest BCUT2D eigenvalue weighted by molar-refractivity contribution is 0.340. The van der Waals surface area contributed by atoms with Gasteiger partial charge >= 0.3 is 0 Å². The van der Waals surface area contributed by atoms with Gasteiger partial charge in [-0.15, -0.1) is 0 Å². The van der Waals surface area contributed by atoms with E-state index < -0.39 is 0 Å². The first-order valence-electron chi connectivity index (χ1n) is 6.79. The summed E-state index contributed by atoms with van der Waals surface area (Å²) in [6.45, 7) is 8.13. The molecule has 0 heterocycles. The highest BCUT2D eigenvalue weighted by Gasteiger charge is 2.01. The van der Waals surface area contributed by atoms with E-state index in [1.54, 1.807) is 0 Å². The van der Waals surface area contributed by atoms with E-state index in [-0.39, 0.29) is 0 Å². The normalized spacial score (nSPS) is 12.4. The fourth-order valence-corrected chi connectivity index (χ4v) is 2.48. The molecule has 0 spiro atoms. The maximum Gasteiger partial charge on any atom is 0.119 e. The highest BCUT2D eigenvalue weighted by Crippen LogP contribution is 2.12. The van der Waals surface area contributed by atoms with Crippen LogP contribution in [0.2, 0.25) is 0 Å². The molecule has 18 heavy (non-hydrogen) atoms. The van der Waals surface area contributed by atoms with E-state index in [2.05, 4.69) is 31.3 Å². The summed E-state index contributed by atoms with van der Waals surface area (Å²) in [4.78, 5) is 0. The molecule has 1 rings (SSSR count). The number of ether oxygens (including phenoxy) is 1. The van der Waals surface area contributed by atoms with Gasteiger partial charge in [0.05, 0.1) is 6.61 Å². The Labute approximate surface area is 116 Å². The lowest BCUT2D eigenvalue weighted by atomic mass is 10.2. The molecule has 0 fully saturated rings. The number of benzene rings is 1. The summed E-state index contributed by atoms with van der Waals surface area (Å²) in [5.41, 5.74) is 1.31. The van der Waals surface area contributed by atoms with Crippen molar-refractivity contribution in [3.63, 3.8) is 0 Å². The van der Waals surface area contributed by atoms with Gasteiger partial charge in [-0.1, -0.05) is 19.1 Å². The van der Waals surface area contributed by atoms with Gasteiger partial charge in [-0.05, 0) is 49.5 Å². The van der Waals surface area contributed by atoms with Gasteiger partial charge < -0.3 is 10.1 Å². The minimum absolute atomic E-state index is 0.579. The molecule has 0 aliphatic carbocycles. The minimum Gasteiger partial charge on any atom is -0.494 e. The van der Waals surface area contributed by atoms with Gasteiger partial charge in [-0.2, -0.15) is 11.8 Å². The molecule has 3 heteroatoms. The van der Waals surface area contributed by atoms with Crippen molar-refractivity contribution in [3.05, 3.63) is 29.8 Å². The van der Waals surface area contributed by atoms with Crippen molar-refractivity contribution >= 4 is 11.8 Å². The van der Waals surface area contributed by atoms with E-state index in [1.807, 2.05) is 30.8 Å². The molecule has 0 saturated heterocycles. The second-order valence-corrected chi connectivity index (χ2v) is 5.74. The van der Waals surface area contributed by atoms with E-state index >= 15 is 0 Å². The summed E-state index contributed by atoms with van der Waals surface area (Å²) in [6.07, 6.45) is 1.23. The van der Waals surface area contributed by atoms with E-state index in [0.29, 0.717) is 6.04 Å². The highest BCUT2D eigenvalue weighted by molar-refractivity contribution is 7.99. The minimum atomic E-state index is 0.579. The summed E-state index contributed by atoms with van der Waals surface area (Å²) in [5.74, 6) is 3.41. The van der Waals surface area contributed by atoms with Gasteiger partial charge in [0.15, 0.2) is 0 Å². The van der Waals surface area contributed by atoms with E-state index in [4.69, 9.17) is 4.74 Å². The summed E-state index contributed by atoms with van der Waals surface area (Å²) >= 11 is 2.01. The Kier molecular flexibility index (Phi) is 7.94. The number of hydrogen-bond acceptors (Lipinski definition) is 3. The Balaban J connectivity index is 2.25. The molecule has 102 valence electrons. The Hall–Kier alpha value is -0.670. The van der Waals surface area contributed by atoms with Crippen LogP contribution in [0, 0.1) is 0 Å². The zero-order valence-electron chi connectivity index (χ0n) is 11.7. The van der Waals surface area contributed by atoms with E-state index in [1.165, 1.54) is 23.5 Å². The summed E-state index contributed by atoms with van der Waals surface area (Å²) in [5, 5.41) is 3.56. The predicted molar refractivity (Wildman–Crippen MR) is 81.5 cm³/mol. The van der Waals surface area contributed by atoms with Crippen LogP contribution in [0.3, 0.4) is 0 Å². The lowest BCUT2D eigenvalue weighted by Crippen LogP contribution is -2.25. The first kappa shape index (κ1) is 15.4. The predicted octanol–water partition coefficient (Wildman–Crippen LogP) is 3.71. The van der Waals surface area contributed by atoms with E-state index in [9.17, 15) is 0 Å². The van der Waals surface area contributed by atoms with Crippen LogP contribution in [-0.2, 0) is 6.54 Å². The largest absolute Gasteiger partial charge is 0.494 e. The molecule has 0 aromatic heterocycles.